The minimum atomic E-state index is 0.236. The number of amides is 1. The number of unbranched alkanes of at least 4 members (excludes halogenated alkanes) is 2. The van der Waals surface area contributed by atoms with Crippen LogP contribution in [0, 0.1) is 5.41 Å². The summed E-state index contributed by atoms with van der Waals surface area (Å²) < 4.78 is 16.9. The zero-order valence-electron chi connectivity index (χ0n) is 23.0. The standard InChI is InChI=1S/C29H48N2O4/c1-7-10-13-30(14-11-8-2)27(32)20-31-19-23(15-24(31)18-29(4,5)12-9-3)22-16-25(33-6)28-26(17-22)34-21-35-28/h16-17,23-24H,7-15,18-21H2,1-6H3/t23-,24+/m0/s1. The van der Waals surface area contributed by atoms with E-state index < -0.39 is 0 Å². The van der Waals surface area contributed by atoms with Crippen molar-refractivity contribution in [3.8, 4) is 17.2 Å². The molecule has 1 aromatic carbocycles. The summed E-state index contributed by atoms with van der Waals surface area (Å²) in [6.07, 6.45) is 8.91. The Morgan fingerprint density at radius 2 is 1.83 bits per heavy atom. The van der Waals surface area contributed by atoms with Crippen molar-refractivity contribution in [2.45, 2.75) is 97.9 Å². The number of rotatable bonds is 14. The third-order valence-electron chi connectivity index (χ3n) is 7.65. The molecule has 35 heavy (non-hydrogen) atoms. The molecule has 0 spiro atoms. The van der Waals surface area contributed by atoms with Gasteiger partial charge in [-0.25, -0.2) is 0 Å². The molecule has 2 aliphatic heterocycles. The quantitative estimate of drug-likeness (QED) is 0.311. The van der Waals surface area contributed by atoms with Crippen molar-refractivity contribution in [1.29, 1.82) is 0 Å². The monoisotopic (exact) mass is 488 g/mol. The molecule has 2 atom stereocenters. The largest absolute Gasteiger partial charge is 0.493 e. The zero-order valence-corrected chi connectivity index (χ0v) is 23.0. The highest BCUT2D eigenvalue weighted by Crippen LogP contribution is 2.46. The van der Waals surface area contributed by atoms with E-state index >= 15 is 0 Å². The van der Waals surface area contributed by atoms with E-state index in [0.717, 1.165) is 69.7 Å². The van der Waals surface area contributed by atoms with Gasteiger partial charge < -0.3 is 19.1 Å². The SMILES string of the molecule is CCCCN(CCCC)C(=O)CN1C[C@@H](c2cc(OC)c3c(c2)OCO3)C[C@@H]1CC(C)(C)CCC. The Hall–Kier alpha value is -1.95. The zero-order chi connectivity index (χ0) is 25.4. The molecule has 0 saturated carbocycles. The van der Waals surface area contributed by atoms with Gasteiger partial charge in [0, 0.05) is 25.7 Å². The smallest absolute Gasteiger partial charge is 0.236 e. The van der Waals surface area contributed by atoms with Gasteiger partial charge in [-0.15, -0.1) is 0 Å². The maximum Gasteiger partial charge on any atom is 0.236 e. The highest BCUT2D eigenvalue weighted by Gasteiger charge is 2.38. The number of nitrogens with zero attached hydrogens (tertiary/aromatic N) is 2. The van der Waals surface area contributed by atoms with Gasteiger partial charge in [-0.1, -0.05) is 53.9 Å². The molecule has 1 saturated heterocycles. The van der Waals surface area contributed by atoms with Crippen LogP contribution in [-0.4, -0.2) is 61.8 Å². The molecule has 0 unspecified atom stereocenters. The summed E-state index contributed by atoms with van der Waals surface area (Å²) in [4.78, 5) is 18.0. The summed E-state index contributed by atoms with van der Waals surface area (Å²) in [6, 6.07) is 4.61. The lowest BCUT2D eigenvalue weighted by molar-refractivity contribution is -0.133. The molecule has 0 bridgehead atoms. The number of fused-ring (bicyclic) bond motifs is 1. The Bertz CT molecular complexity index is 817. The van der Waals surface area contributed by atoms with Crippen LogP contribution in [-0.2, 0) is 4.79 Å². The molecule has 1 fully saturated rings. The molecule has 2 heterocycles. The van der Waals surface area contributed by atoms with Gasteiger partial charge in [0.1, 0.15) is 0 Å². The molecule has 6 nitrogen and oxygen atoms in total. The van der Waals surface area contributed by atoms with E-state index in [2.05, 4.69) is 56.6 Å². The summed E-state index contributed by atoms with van der Waals surface area (Å²) in [5.74, 6) is 2.83. The number of carbonyl (C=O) groups excluding carboxylic acids is 1. The van der Waals surface area contributed by atoms with E-state index in [4.69, 9.17) is 14.2 Å². The Morgan fingerprint density at radius 3 is 2.46 bits per heavy atom. The number of ether oxygens (including phenoxy) is 3. The van der Waals surface area contributed by atoms with E-state index in [1.165, 1.54) is 18.4 Å². The summed E-state index contributed by atoms with van der Waals surface area (Å²) in [5, 5.41) is 0. The lowest BCUT2D eigenvalue weighted by Crippen LogP contribution is -2.44. The highest BCUT2D eigenvalue weighted by atomic mass is 16.7. The first-order valence-corrected chi connectivity index (χ1v) is 13.8. The Labute approximate surface area is 213 Å². The number of likely N-dealkylation sites (tertiary alicyclic amines) is 1. The van der Waals surface area contributed by atoms with Crippen LogP contribution in [0.5, 0.6) is 17.2 Å². The van der Waals surface area contributed by atoms with Crippen molar-refractivity contribution in [1.82, 2.24) is 9.80 Å². The van der Waals surface area contributed by atoms with Gasteiger partial charge in [0.25, 0.3) is 0 Å². The van der Waals surface area contributed by atoms with Crippen LogP contribution < -0.4 is 14.2 Å². The molecule has 0 aromatic heterocycles. The van der Waals surface area contributed by atoms with Gasteiger partial charge >= 0.3 is 0 Å². The average Bonchev–Trinajstić information content (AvgIpc) is 3.45. The van der Waals surface area contributed by atoms with Gasteiger partial charge in [0.2, 0.25) is 18.4 Å². The molecule has 1 amide bonds. The molecule has 0 N–H and O–H groups in total. The fourth-order valence-corrected chi connectivity index (χ4v) is 5.77. The normalized spacial score (nSPS) is 19.8. The van der Waals surface area contributed by atoms with Gasteiger partial charge in [-0.3, -0.25) is 9.69 Å². The first-order chi connectivity index (χ1) is 16.8. The molecule has 198 valence electrons. The van der Waals surface area contributed by atoms with Gasteiger partial charge in [-0.2, -0.15) is 0 Å². The number of hydrogen-bond acceptors (Lipinski definition) is 5. The highest BCUT2D eigenvalue weighted by molar-refractivity contribution is 5.78. The number of methoxy groups -OCH3 is 1. The van der Waals surface area contributed by atoms with E-state index in [1.54, 1.807) is 7.11 Å². The van der Waals surface area contributed by atoms with E-state index in [0.29, 0.717) is 24.3 Å². The predicted molar refractivity (Wildman–Crippen MR) is 142 cm³/mol. The van der Waals surface area contributed by atoms with E-state index in [1.807, 2.05) is 0 Å². The number of carbonyl (C=O) groups is 1. The molecule has 6 heteroatoms. The maximum atomic E-state index is 13.5. The van der Waals surface area contributed by atoms with Crippen LogP contribution in [0.4, 0.5) is 0 Å². The maximum absolute atomic E-state index is 13.5. The van der Waals surface area contributed by atoms with E-state index in [-0.39, 0.29) is 18.1 Å². The average molecular weight is 489 g/mol. The van der Waals surface area contributed by atoms with Crippen LogP contribution in [0.1, 0.15) is 97.5 Å². The lowest BCUT2D eigenvalue weighted by Gasteiger charge is -2.33. The second-order valence-electron chi connectivity index (χ2n) is 11.2. The van der Waals surface area contributed by atoms with Crippen molar-refractivity contribution in [3.05, 3.63) is 17.7 Å². The van der Waals surface area contributed by atoms with Crippen molar-refractivity contribution in [3.63, 3.8) is 0 Å². The third-order valence-corrected chi connectivity index (χ3v) is 7.65. The van der Waals surface area contributed by atoms with Crippen molar-refractivity contribution >= 4 is 5.91 Å². The molecule has 2 aliphatic rings. The minimum Gasteiger partial charge on any atom is -0.493 e. The summed E-state index contributed by atoms with van der Waals surface area (Å²) in [6.45, 7) is 14.8. The van der Waals surface area contributed by atoms with Crippen molar-refractivity contribution < 1.29 is 19.0 Å². The molecular formula is C29H48N2O4. The predicted octanol–water partition coefficient (Wildman–Crippen LogP) is 6.23. The second kappa shape index (κ2) is 12.8. The fourth-order valence-electron chi connectivity index (χ4n) is 5.77. The first kappa shape index (κ1) is 27.6. The summed E-state index contributed by atoms with van der Waals surface area (Å²) in [5.41, 5.74) is 1.47. The van der Waals surface area contributed by atoms with Crippen molar-refractivity contribution in [2.24, 2.45) is 5.41 Å². The summed E-state index contributed by atoms with van der Waals surface area (Å²) >= 11 is 0. The second-order valence-corrected chi connectivity index (χ2v) is 11.2. The van der Waals surface area contributed by atoms with Gasteiger partial charge in [0.05, 0.1) is 13.7 Å². The molecular weight excluding hydrogens is 440 g/mol. The molecule has 0 aliphatic carbocycles. The van der Waals surface area contributed by atoms with Crippen LogP contribution in [0.3, 0.4) is 0 Å². The lowest BCUT2D eigenvalue weighted by atomic mass is 9.80. The molecule has 1 aromatic rings. The van der Waals surface area contributed by atoms with Crippen molar-refractivity contribution in [2.75, 3.05) is 40.1 Å². The minimum absolute atomic E-state index is 0.236. The van der Waals surface area contributed by atoms with Gasteiger partial charge in [0.15, 0.2) is 11.5 Å². The Kier molecular flexibility index (Phi) is 10.1. The van der Waals surface area contributed by atoms with E-state index in [9.17, 15) is 4.79 Å². The fraction of sp³-hybridized carbons (Fsp3) is 0.759. The Morgan fingerprint density at radius 1 is 1.11 bits per heavy atom. The number of hydrogen-bond donors (Lipinski definition) is 0. The Balaban J connectivity index is 1.80. The summed E-state index contributed by atoms with van der Waals surface area (Å²) in [7, 11) is 1.68. The van der Waals surface area contributed by atoms with Crippen LogP contribution in [0.25, 0.3) is 0 Å². The van der Waals surface area contributed by atoms with Gasteiger partial charge in [-0.05, 0) is 61.1 Å². The van der Waals surface area contributed by atoms with Crippen LogP contribution >= 0.6 is 0 Å². The first-order valence-electron chi connectivity index (χ1n) is 13.8. The van der Waals surface area contributed by atoms with Crippen LogP contribution in [0.15, 0.2) is 12.1 Å². The molecule has 3 rings (SSSR count). The molecule has 0 radical (unpaired) electrons. The topological polar surface area (TPSA) is 51.2 Å². The number of benzene rings is 1. The van der Waals surface area contributed by atoms with Crippen LogP contribution in [0.2, 0.25) is 0 Å². The third kappa shape index (κ3) is 7.28.